The van der Waals surface area contributed by atoms with Crippen molar-refractivity contribution in [3.8, 4) is 5.75 Å². The fourth-order valence-corrected chi connectivity index (χ4v) is 3.04. The third-order valence-corrected chi connectivity index (χ3v) is 3.58. The number of amides is 3. The molecule has 1 aromatic rings. The van der Waals surface area contributed by atoms with E-state index in [2.05, 4.69) is 49.1 Å². The normalized spacial score (nSPS) is 16.0. The Morgan fingerprint density at radius 1 is 1.20 bits per heavy atom. The van der Waals surface area contributed by atoms with Crippen LogP contribution in [-0.4, -0.2) is 18.5 Å². The third kappa shape index (κ3) is 3.29. The van der Waals surface area contributed by atoms with Gasteiger partial charge >= 0.3 is 6.03 Å². The molecule has 2 rings (SSSR count). The van der Waals surface area contributed by atoms with Gasteiger partial charge in [-0.15, -0.1) is 0 Å². The molecule has 0 atom stereocenters. The quantitative estimate of drug-likeness (QED) is 0.463. The molecular weight excluding hydrogens is 392 g/mol. The van der Waals surface area contributed by atoms with Gasteiger partial charge in [-0.05, 0) is 55.6 Å². The van der Waals surface area contributed by atoms with Crippen molar-refractivity contribution < 1.29 is 14.3 Å². The van der Waals surface area contributed by atoms with E-state index in [1.165, 1.54) is 0 Å². The largest absolute Gasteiger partial charge is 0.487 e. The molecule has 3 amide bonds. The highest BCUT2D eigenvalue weighted by Gasteiger charge is 2.22. The number of rotatable bonds is 4. The summed E-state index contributed by atoms with van der Waals surface area (Å²) in [7, 11) is 0. The highest BCUT2D eigenvalue weighted by molar-refractivity contribution is 9.11. The zero-order valence-corrected chi connectivity index (χ0v) is 13.4. The van der Waals surface area contributed by atoms with Crippen molar-refractivity contribution in [3.05, 3.63) is 45.0 Å². The Labute approximate surface area is 132 Å². The number of halogens is 2. The van der Waals surface area contributed by atoms with E-state index in [1.54, 1.807) is 24.3 Å². The van der Waals surface area contributed by atoms with Crippen LogP contribution in [0.1, 0.15) is 5.56 Å². The molecule has 1 saturated heterocycles. The number of carbonyl (C=O) groups is 2. The van der Waals surface area contributed by atoms with Crippen LogP contribution in [0, 0.1) is 0 Å². The molecule has 5 nitrogen and oxygen atoms in total. The number of hydrogen-bond acceptors (Lipinski definition) is 3. The van der Waals surface area contributed by atoms with Gasteiger partial charge in [-0.3, -0.25) is 10.1 Å². The van der Waals surface area contributed by atoms with Gasteiger partial charge in [0.25, 0.3) is 5.91 Å². The molecule has 1 aliphatic rings. The monoisotopic (exact) mass is 400 g/mol. The van der Waals surface area contributed by atoms with Gasteiger partial charge in [-0.25, -0.2) is 4.79 Å². The molecule has 20 heavy (non-hydrogen) atoms. The summed E-state index contributed by atoms with van der Waals surface area (Å²) in [5.74, 6) is 0.196. The van der Waals surface area contributed by atoms with Crippen molar-refractivity contribution >= 4 is 49.9 Å². The molecule has 1 heterocycles. The molecule has 0 aromatic heterocycles. The molecule has 2 N–H and O–H groups in total. The van der Waals surface area contributed by atoms with Crippen molar-refractivity contribution in [1.82, 2.24) is 10.6 Å². The second-order valence-electron chi connectivity index (χ2n) is 3.88. The minimum absolute atomic E-state index is 0.202. The van der Waals surface area contributed by atoms with E-state index in [4.69, 9.17) is 4.74 Å². The Morgan fingerprint density at radius 2 is 1.85 bits per heavy atom. The van der Waals surface area contributed by atoms with Crippen LogP contribution in [-0.2, 0) is 4.79 Å². The molecular formula is C13H10Br2N2O3. The summed E-state index contributed by atoms with van der Waals surface area (Å²) in [5.41, 5.74) is 0.940. The van der Waals surface area contributed by atoms with Gasteiger partial charge in [-0.2, -0.15) is 0 Å². The molecule has 0 saturated carbocycles. The Morgan fingerprint density at radius 3 is 2.35 bits per heavy atom. The van der Waals surface area contributed by atoms with Crippen molar-refractivity contribution in [2.45, 2.75) is 0 Å². The van der Waals surface area contributed by atoms with Crippen LogP contribution < -0.4 is 15.4 Å². The van der Waals surface area contributed by atoms with Crippen LogP contribution in [0.5, 0.6) is 5.75 Å². The third-order valence-electron chi connectivity index (χ3n) is 2.40. The number of imide groups is 1. The lowest BCUT2D eigenvalue weighted by Gasteiger charge is -2.09. The van der Waals surface area contributed by atoms with E-state index in [-0.39, 0.29) is 5.70 Å². The van der Waals surface area contributed by atoms with Gasteiger partial charge in [0.1, 0.15) is 18.1 Å². The van der Waals surface area contributed by atoms with E-state index in [1.807, 2.05) is 0 Å². The van der Waals surface area contributed by atoms with Gasteiger partial charge in [0.2, 0.25) is 0 Å². The molecule has 0 spiro atoms. The van der Waals surface area contributed by atoms with Crippen LogP contribution in [0.15, 0.2) is 39.4 Å². The SMILES string of the molecule is C=CCOc1c(Br)cc(/C=C2\NC(=O)NC2=O)cc1Br. The fourth-order valence-electron chi connectivity index (χ4n) is 1.59. The summed E-state index contributed by atoms with van der Waals surface area (Å²) in [6.45, 7) is 3.97. The highest BCUT2D eigenvalue weighted by Crippen LogP contribution is 2.35. The van der Waals surface area contributed by atoms with E-state index in [9.17, 15) is 9.59 Å². The number of carbonyl (C=O) groups excluding carboxylic acids is 2. The number of urea groups is 1. The summed E-state index contributed by atoms with van der Waals surface area (Å²) in [5, 5.41) is 4.57. The van der Waals surface area contributed by atoms with Gasteiger partial charge in [-0.1, -0.05) is 12.7 Å². The van der Waals surface area contributed by atoms with Crippen molar-refractivity contribution in [2.24, 2.45) is 0 Å². The first-order valence-corrected chi connectivity index (χ1v) is 7.16. The maximum absolute atomic E-state index is 11.4. The Kier molecular flexibility index (Phi) is 4.61. The van der Waals surface area contributed by atoms with Gasteiger partial charge in [0.05, 0.1) is 8.95 Å². The van der Waals surface area contributed by atoms with E-state index in [0.29, 0.717) is 12.4 Å². The summed E-state index contributed by atoms with van der Waals surface area (Å²) in [6, 6.07) is 3.05. The first-order chi connectivity index (χ1) is 9.51. The first-order valence-electron chi connectivity index (χ1n) is 5.58. The zero-order valence-electron chi connectivity index (χ0n) is 10.2. The van der Waals surface area contributed by atoms with Crippen LogP contribution in [0.2, 0.25) is 0 Å². The smallest absolute Gasteiger partial charge is 0.326 e. The lowest BCUT2D eigenvalue weighted by molar-refractivity contribution is -0.115. The van der Waals surface area contributed by atoms with E-state index >= 15 is 0 Å². The average molecular weight is 402 g/mol. The predicted octanol–water partition coefficient (Wildman–Crippen LogP) is 2.96. The molecule has 0 radical (unpaired) electrons. The lowest BCUT2D eigenvalue weighted by Crippen LogP contribution is -2.22. The summed E-state index contributed by atoms with van der Waals surface area (Å²) in [6.07, 6.45) is 3.22. The molecule has 0 aliphatic carbocycles. The first kappa shape index (κ1) is 14.8. The van der Waals surface area contributed by atoms with Crippen LogP contribution in [0.4, 0.5) is 4.79 Å². The van der Waals surface area contributed by atoms with Gasteiger partial charge in [0.15, 0.2) is 0 Å². The zero-order chi connectivity index (χ0) is 14.7. The van der Waals surface area contributed by atoms with Crippen molar-refractivity contribution in [2.75, 3.05) is 6.61 Å². The van der Waals surface area contributed by atoms with Gasteiger partial charge in [0, 0.05) is 0 Å². The molecule has 104 valence electrons. The number of ether oxygens (including phenoxy) is 1. The maximum Gasteiger partial charge on any atom is 0.326 e. The Balaban J connectivity index is 2.31. The molecule has 1 aliphatic heterocycles. The molecule has 1 aromatic carbocycles. The van der Waals surface area contributed by atoms with Crippen molar-refractivity contribution in [1.29, 1.82) is 0 Å². The minimum Gasteiger partial charge on any atom is -0.487 e. The van der Waals surface area contributed by atoms with Crippen LogP contribution >= 0.6 is 31.9 Å². The summed E-state index contributed by atoms with van der Waals surface area (Å²) >= 11 is 6.80. The standard InChI is InChI=1S/C13H10Br2N2O3/c1-2-3-20-11-8(14)4-7(5-9(11)15)6-10-12(18)17-13(19)16-10/h2,4-6H,1,3H2,(H2,16,17,18,19)/b10-6-. The van der Waals surface area contributed by atoms with Crippen molar-refractivity contribution in [3.63, 3.8) is 0 Å². The molecule has 1 fully saturated rings. The Bertz CT molecular complexity index is 603. The van der Waals surface area contributed by atoms with Crippen LogP contribution in [0.25, 0.3) is 6.08 Å². The maximum atomic E-state index is 11.4. The highest BCUT2D eigenvalue weighted by atomic mass is 79.9. The summed E-state index contributed by atoms with van der Waals surface area (Å²) < 4.78 is 6.95. The molecule has 0 unspecified atom stereocenters. The van der Waals surface area contributed by atoms with E-state index in [0.717, 1.165) is 14.5 Å². The van der Waals surface area contributed by atoms with Crippen LogP contribution in [0.3, 0.4) is 0 Å². The second kappa shape index (κ2) is 6.23. The van der Waals surface area contributed by atoms with E-state index < -0.39 is 11.9 Å². The number of nitrogens with one attached hydrogen (secondary N) is 2. The van der Waals surface area contributed by atoms with Gasteiger partial charge < -0.3 is 10.1 Å². The Hall–Kier alpha value is -1.60. The predicted molar refractivity (Wildman–Crippen MR) is 82.2 cm³/mol. The minimum atomic E-state index is -0.523. The summed E-state index contributed by atoms with van der Waals surface area (Å²) in [4.78, 5) is 22.5. The number of benzene rings is 1. The fraction of sp³-hybridized carbons (Fsp3) is 0.0769. The number of hydrogen-bond donors (Lipinski definition) is 2. The molecule has 0 bridgehead atoms. The topological polar surface area (TPSA) is 67.4 Å². The average Bonchev–Trinajstić information content (AvgIpc) is 2.67. The lowest BCUT2D eigenvalue weighted by atomic mass is 10.2. The molecule has 7 heteroatoms. The second-order valence-corrected chi connectivity index (χ2v) is 5.59.